The lowest BCUT2D eigenvalue weighted by Gasteiger charge is -2.25. The van der Waals surface area contributed by atoms with Gasteiger partial charge in [-0.05, 0) is 48.5 Å². The van der Waals surface area contributed by atoms with Crippen molar-refractivity contribution in [1.82, 2.24) is 0 Å². The molecule has 0 bridgehead atoms. The van der Waals surface area contributed by atoms with Crippen LogP contribution in [0.4, 0.5) is 21.9 Å². The first-order valence-electron chi connectivity index (χ1n) is 11.6. The quantitative estimate of drug-likeness (QED) is 0.234. The minimum absolute atomic E-state index is 0.0618. The molecule has 190 valence electrons. The van der Waals surface area contributed by atoms with Crippen molar-refractivity contribution in [3.63, 3.8) is 0 Å². The molecule has 37 heavy (non-hydrogen) atoms. The topological polar surface area (TPSA) is 147 Å². The van der Waals surface area contributed by atoms with Gasteiger partial charge in [-0.1, -0.05) is 43.3 Å². The van der Waals surface area contributed by atoms with Gasteiger partial charge in [-0.15, -0.1) is 0 Å². The number of anilines is 3. The lowest BCUT2D eigenvalue weighted by Crippen LogP contribution is -2.22. The predicted octanol–water partition coefficient (Wildman–Crippen LogP) is 4.63. The van der Waals surface area contributed by atoms with Crippen molar-refractivity contribution >= 4 is 29.1 Å². The summed E-state index contributed by atoms with van der Waals surface area (Å²) in [5, 5.41) is 23.5. The van der Waals surface area contributed by atoms with E-state index >= 15 is 0 Å². The Morgan fingerprint density at radius 1 is 1.05 bits per heavy atom. The number of nitrogen functional groups attached to an aromatic ring is 1. The van der Waals surface area contributed by atoms with Crippen LogP contribution in [0.25, 0.3) is 0 Å². The molecule has 3 aromatic carbocycles. The van der Waals surface area contributed by atoms with Crippen LogP contribution >= 0.6 is 0 Å². The van der Waals surface area contributed by atoms with E-state index in [-0.39, 0.29) is 13.2 Å². The summed E-state index contributed by atoms with van der Waals surface area (Å²) >= 11 is 0. The number of nitrogens with zero attached hydrogens (tertiary/aromatic N) is 1. The summed E-state index contributed by atoms with van der Waals surface area (Å²) in [5.41, 5.74) is 8.29. The number of carbonyl (C=O) groups is 2. The number of hydrogen-bond acceptors (Lipinski definition) is 7. The molecule has 0 aliphatic carbocycles. The Labute approximate surface area is 215 Å². The van der Waals surface area contributed by atoms with E-state index < -0.39 is 24.0 Å². The van der Waals surface area contributed by atoms with E-state index in [1.54, 1.807) is 85.8 Å². The molecule has 2 atom stereocenters. The molecule has 0 saturated heterocycles. The van der Waals surface area contributed by atoms with E-state index in [2.05, 4.69) is 10.6 Å². The van der Waals surface area contributed by atoms with Crippen LogP contribution in [0.5, 0.6) is 5.75 Å². The highest BCUT2D eigenvalue weighted by molar-refractivity contribution is 6.01. The van der Waals surface area contributed by atoms with Crippen LogP contribution in [0.1, 0.15) is 24.2 Å². The van der Waals surface area contributed by atoms with Gasteiger partial charge in [0.2, 0.25) is 5.91 Å². The number of aliphatic hydroxyl groups is 1. The molecule has 0 heterocycles. The van der Waals surface area contributed by atoms with E-state index in [0.717, 1.165) is 0 Å². The van der Waals surface area contributed by atoms with Crippen LogP contribution < -0.4 is 21.1 Å². The van der Waals surface area contributed by atoms with Gasteiger partial charge in [0.15, 0.2) is 0 Å². The number of rotatable bonds is 10. The average molecular weight is 501 g/mol. The Morgan fingerprint density at radius 3 is 2.46 bits per heavy atom. The molecule has 0 radical (unpaired) electrons. The summed E-state index contributed by atoms with van der Waals surface area (Å²) in [6.45, 7) is 1.67. The molecule has 0 aliphatic heterocycles. The number of nitrogens with one attached hydrogen (secondary N) is 2. The number of para-hydroxylation sites is 3. The normalized spacial score (nSPS) is 12.2. The van der Waals surface area contributed by atoms with Gasteiger partial charge >= 0.3 is 6.09 Å². The molecule has 0 aromatic heterocycles. The maximum absolute atomic E-state index is 12.8. The number of carbonyl (C=O) groups excluding carboxylic acids is 2. The molecule has 3 rings (SSSR count). The van der Waals surface area contributed by atoms with Gasteiger partial charge in [0.1, 0.15) is 18.5 Å². The lowest BCUT2D eigenvalue weighted by atomic mass is 9.95. The number of hydrogen-bond donors (Lipinski definition) is 4. The molecule has 0 fully saturated rings. The maximum Gasteiger partial charge on any atom is 0.412 e. The third-order valence-corrected chi connectivity index (χ3v) is 5.32. The molecule has 2 amide bonds. The van der Waals surface area contributed by atoms with Crippen molar-refractivity contribution in [2.45, 2.75) is 13.0 Å². The van der Waals surface area contributed by atoms with Gasteiger partial charge in [0.05, 0.1) is 29.6 Å². The second-order valence-electron chi connectivity index (χ2n) is 8.04. The number of nitrogens with two attached hydrogens (primary N) is 1. The van der Waals surface area contributed by atoms with E-state index in [9.17, 15) is 14.7 Å². The summed E-state index contributed by atoms with van der Waals surface area (Å²) in [6.07, 6.45) is 1.41. The molecule has 0 spiro atoms. The van der Waals surface area contributed by atoms with Crippen LogP contribution in [0.15, 0.2) is 84.9 Å². The summed E-state index contributed by atoms with van der Waals surface area (Å²) in [4.78, 5) is 25.3. The molecule has 9 nitrogen and oxygen atoms in total. The van der Waals surface area contributed by atoms with E-state index in [1.807, 2.05) is 6.07 Å². The fourth-order valence-electron chi connectivity index (χ4n) is 3.47. The van der Waals surface area contributed by atoms with Gasteiger partial charge in [0, 0.05) is 17.2 Å². The first-order chi connectivity index (χ1) is 17.9. The van der Waals surface area contributed by atoms with Crippen LogP contribution in [0.2, 0.25) is 0 Å². The first kappa shape index (κ1) is 26.8. The van der Waals surface area contributed by atoms with Gasteiger partial charge < -0.3 is 25.6 Å². The summed E-state index contributed by atoms with van der Waals surface area (Å²) in [7, 11) is 0. The zero-order chi connectivity index (χ0) is 26.6. The van der Waals surface area contributed by atoms with Crippen molar-refractivity contribution < 1.29 is 24.2 Å². The predicted molar refractivity (Wildman–Crippen MR) is 141 cm³/mol. The van der Waals surface area contributed by atoms with Crippen LogP contribution in [-0.4, -0.2) is 30.3 Å². The van der Waals surface area contributed by atoms with Crippen molar-refractivity contribution in [3.05, 3.63) is 96.1 Å². The zero-order valence-electron chi connectivity index (χ0n) is 20.3. The SMILES string of the molecule is C[C@H](/C=C/C(=O)Nc1ccccc1N)[C@@H](OC(=O)Nc1ccc(C#N)cc1)c1ccccc1OCCO. The van der Waals surface area contributed by atoms with E-state index in [4.69, 9.17) is 20.5 Å². The molecule has 0 aliphatic rings. The molecule has 0 saturated carbocycles. The number of amides is 2. The Bertz CT molecular complexity index is 1280. The van der Waals surface area contributed by atoms with Crippen LogP contribution in [0.3, 0.4) is 0 Å². The summed E-state index contributed by atoms with van der Waals surface area (Å²) in [6, 6.07) is 22.3. The minimum atomic E-state index is -0.834. The second kappa shape index (κ2) is 13.3. The van der Waals surface area contributed by atoms with Gasteiger partial charge in [-0.2, -0.15) is 5.26 Å². The molecule has 5 N–H and O–H groups in total. The summed E-state index contributed by atoms with van der Waals surface area (Å²) < 4.78 is 11.4. The van der Waals surface area contributed by atoms with Gasteiger partial charge in [-0.3, -0.25) is 10.1 Å². The Morgan fingerprint density at radius 2 is 1.76 bits per heavy atom. The number of nitriles is 1. The van der Waals surface area contributed by atoms with Crippen LogP contribution in [0, 0.1) is 17.2 Å². The molecule has 3 aromatic rings. The largest absolute Gasteiger partial charge is 0.491 e. The number of benzene rings is 3. The lowest BCUT2D eigenvalue weighted by molar-refractivity contribution is -0.111. The Balaban J connectivity index is 1.80. The molecule has 9 heteroatoms. The van der Waals surface area contributed by atoms with E-state index in [1.165, 1.54) is 6.08 Å². The minimum Gasteiger partial charge on any atom is -0.491 e. The molecule has 0 unspecified atom stereocenters. The highest BCUT2D eigenvalue weighted by Gasteiger charge is 2.26. The molecular formula is C28H28N4O5. The number of ether oxygens (including phenoxy) is 2. The third kappa shape index (κ3) is 7.85. The third-order valence-electron chi connectivity index (χ3n) is 5.32. The zero-order valence-corrected chi connectivity index (χ0v) is 20.3. The molecular weight excluding hydrogens is 472 g/mol. The monoisotopic (exact) mass is 500 g/mol. The van der Waals surface area contributed by atoms with Gasteiger partial charge in [0.25, 0.3) is 0 Å². The van der Waals surface area contributed by atoms with Gasteiger partial charge in [-0.25, -0.2) is 4.79 Å². The Kier molecular flexibility index (Phi) is 9.65. The van der Waals surface area contributed by atoms with Crippen molar-refractivity contribution in [1.29, 1.82) is 5.26 Å². The second-order valence-corrected chi connectivity index (χ2v) is 8.04. The standard InChI is InChI=1S/C28H28N4O5/c1-19(10-15-26(34)32-24-8-4-3-7-23(24)30)27(22-6-2-5-9-25(22)36-17-16-33)37-28(35)31-21-13-11-20(18-29)12-14-21/h2-15,19,27,33H,16-17,30H2,1H3,(H,31,35)(H,32,34)/b15-10+/t19-,27-/m1/s1. The Hall–Kier alpha value is -4.81. The fraction of sp³-hybridized carbons (Fsp3) is 0.179. The number of aliphatic hydroxyl groups excluding tert-OH is 1. The van der Waals surface area contributed by atoms with Crippen molar-refractivity contribution in [2.75, 3.05) is 29.6 Å². The van der Waals surface area contributed by atoms with Crippen LogP contribution in [-0.2, 0) is 9.53 Å². The van der Waals surface area contributed by atoms with Crippen molar-refractivity contribution in [3.8, 4) is 11.8 Å². The summed E-state index contributed by atoms with van der Waals surface area (Å²) in [5.74, 6) is -0.408. The fourth-order valence-corrected chi connectivity index (χ4v) is 3.47. The van der Waals surface area contributed by atoms with Crippen molar-refractivity contribution in [2.24, 2.45) is 5.92 Å². The smallest absolute Gasteiger partial charge is 0.412 e. The highest BCUT2D eigenvalue weighted by atomic mass is 16.6. The highest BCUT2D eigenvalue weighted by Crippen LogP contribution is 2.34. The van der Waals surface area contributed by atoms with E-state index in [0.29, 0.717) is 33.9 Å². The maximum atomic E-state index is 12.8. The first-order valence-corrected chi connectivity index (χ1v) is 11.6. The average Bonchev–Trinajstić information content (AvgIpc) is 2.91.